The van der Waals surface area contributed by atoms with Crippen LogP contribution in [0.5, 0.6) is 0 Å². The first kappa shape index (κ1) is 14.1. The molecule has 1 amide bonds. The number of hydrogen-bond donors (Lipinski definition) is 1. The van der Waals surface area contributed by atoms with Crippen LogP contribution in [0.3, 0.4) is 0 Å². The van der Waals surface area contributed by atoms with Gasteiger partial charge in [0.15, 0.2) is 0 Å². The van der Waals surface area contributed by atoms with Gasteiger partial charge in [-0.3, -0.25) is 4.79 Å². The molecule has 0 saturated heterocycles. The molecule has 1 aliphatic rings. The van der Waals surface area contributed by atoms with Gasteiger partial charge >= 0.3 is 0 Å². The van der Waals surface area contributed by atoms with Gasteiger partial charge in [-0.15, -0.1) is 0 Å². The molecule has 104 valence electrons. The fourth-order valence-corrected chi connectivity index (χ4v) is 2.78. The van der Waals surface area contributed by atoms with E-state index < -0.39 is 0 Å². The van der Waals surface area contributed by atoms with E-state index in [0.29, 0.717) is 12.5 Å². The van der Waals surface area contributed by atoms with Gasteiger partial charge in [0.1, 0.15) is 0 Å². The molecule has 1 atom stereocenters. The van der Waals surface area contributed by atoms with Crippen LogP contribution in [-0.4, -0.2) is 19.5 Å². The fraction of sp³-hybridized carbons (Fsp3) is 0.562. The minimum atomic E-state index is 0.269. The van der Waals surface area contributed by atoms with Crippen molar-refractivity contribution in [3.63, 3.8) is 0 Å². The molecule has 1 aliphatic heterocycles. The van der Waals surface area contributed by atoms with Gasteiger partial charge in [-0.25, -0.2) is 0 Å². The summed E-state index contributed by atoms with van der Waals surface area (Å²) in [7, 11) is 2.00. The van der Waals surface area contributed by atoms with Crippen molar-refractivity contribution >= 4 is 11.6 Å². The van der Waals surface area contributed by atoms with Crippen LogP contribution in [-0.2, 0) is 4.79 Å². The Morgan fingerprint density at radius 2 is 2.21 bits per heavy atom. The maximum absolute atomic E-state index is 12.4. The van der Waals surface area contributed by atoms with Gasteiger partial charge in [0, 0.05) is 24.7 Å². The van der Waals surface area contributed by atoms with Gasteiger partial charge in [0.25, 0.3) is 0 Å². The van der Waals surface area contributed by atoms with Crippen LogP contribution in [0.1, 0.15) is 50.6 Å². The Balaban J connectivity index is 2.27. The van der Waals surface area contributed by atoms with E-state index in [1.807, 2.05) is 18.0 Å². The number of para-hydroxylation sites is 1. The van der Waals surface area contributed by atoms with E-state index in [2.05, 4.69) is 30.4 Å². The summed E-state index contributed by atoms with van der Waals surface area (Å²) in [5.41, 5.74) is 2.35. The number of nitrogens with zero attached hydrogens (tertiary/aromatic N) is 1. The van der Waals surface area contributed by atoms with Crippen LogP contribution in [0.2, 0.25) is 0 Å². The molecule has 0 bridgehead atoms. The van der Waals surface area contributed by atoms with Crippen LogP contribution in [0.4, 0.5) is 5.69 Å². The Bertz CT molecular complexity index is 431. The molecule has 1 heterocycles. The minimum absolute atomic E-state index is 0.269. The summed E-state index contributed by atoms with van der Waals surface area (Å²) < 4.78 is 0. The highest BCUT2D eigenvalue weighted by Crippen LogP contribution is 2.32. The Labute approximate surface area is 116 Å². The highest BCUT2D eigenvalue weighted by Gasteiger charge is 2.24. The number of benzene rings is 1. The van der Waals surface area contributed by atoms with Crippen LogP contribution in [0, 0.1) is 0 Å². The molecule has 0 aliphatic carbocycles. The third kappa shape index (κ3) is 3.16. The maximum atomic E-state index is 12.4. The highest BCUT2D eigenvalue weighted by atomic mass is 16.2. The van der Waals surface area contributed by atoms with Crippen LogP contribution < -0.4 is 10.2 Å². The lowest BCUT2D eigenvalue weighted by Gasteiger charge is -2.24. The third-order valence-electron chi connectivity index (χ3n) is 3.87. The van der Waals surface area contributed by atoms with Gasteiger partial charge in [0.2, 0.25) is 5.91 Å². The highest BCUT2D eigenvalue weighted by molar-refractivity contribution is 5.94. The Kier molecular flexibility index (Phi) is 4.97. The molecule has 0 radical (unpaired) electrons. The largest absolute Gasteiger partial charge is 0.313 e. The molecule has 2 rings (SSSR count). The van der Waals surface area contributed by atoms with Crippen molar-refractivity contribution in [1.82, 2.24) is 5.32 Å². The zero-order valence-electron chi connectivity index (χ0n) is 12.0. The smallest absolute Gasteiger partial charge is 0.226 e. The van der Waals surface area contributed by atoms with Crippen molar-refractivity contribution < 1.29 is 4.79 Å². The number of carbonyl (C=O) groups is 1. The first-order valence-electron chi connectivity index (χ1n) is 7.34. The molecule has 0 saturated carbocycles. The summed E-state index contributed by atoms with van der Waals surface area (Å²) in [6, 6.07) is 8.66. The number of fused-ring (bicyclic) bond motifs is 1. The molecular formula is C16H24N2O. The SMILES string of the molecule is CCCCC(=O)N1CCCC(NC)c2ccccc21. The van der Waals surface area contributed by atoms with Gasteiger partial charge in [-0.1, -0.05) is 31.5 Å². The summed E-state index contributed by atoms with van der Waals surface area (Å²) in [6.45, 7) is 2.97. The van der Waals surface area contributed by atoms with E-state index in [0.717, 1.165) is 37.9 Å². The first-order valence-corrected chi connectivity index (χ1v) is 7.34. The van der Waals surface area contributed by atoms with Crippen molar-refractivity contribution in [1.29, 1.82) is 0 Å². The molecule has 0 aromatic heterocycles. The van der Waals surface area contributed by atoms with Crippen LogP contribution in [0.15, 0.2) is 24.3 Å². The van der Waals surface area contributed by atoms with Gasteiger partial charge < -0.3 is 10.2 Å². The van der Waals surface area contributed by atoms with E-state index in [4.69, 9.17) is 0 Å². The number of hydrogen-bond acceptors (Lipinski definition) is 2. The lowest BCUT2D eigenvalue weighted by molar-refractivity contribution is -0.118. The van der Waals surface area contributed by atoms with Crippen molar-refractivity contribution in [3.8, 4) is 0 Å². The average Bonchev–Trinajstić information content (AvgIpc) is 2.64. The van der Waals surface area contributed by atoms with Crippen molar-refractivity contribution in [2.24, 2.45) is 0 Å². The second-order valence-electron chi connectivity index (χ2n) is 5.19. The molecule has 3 nitrogen and oxygen atoms in total. The lowest BCUT2D eigenvalue weighted by Crippen LogP contribution is -2.31. The van der Waals surface area contributed by atoms with E-state index in [1.165, 1.54) is 5.56 Å². The number of amides is 1. The van der Waals surface area contributed by atoms with Gasteiger partial charge in [-0.05, 0) is 37.9 Å². The second-order valence-corrected chi connectivity index (χ2v) is 5.19. The topological polar surface area (TPSA) is 32.3 Å². The van der Waals surface area contributed by atoms with Crippen LogP contribution in [0.25, 0.3) is 0 Å². The standard InChI is InChI=1S/C16H24N2O/c1-3-4-11-16(19)18-12-7-9-14(17-2)13-8-5-6-10-15(13)18/h5-6,8,10,14,17H,3-4,7,9,11-12H2,1-2H3. The Morgan fingerprint density at radius 1 is 1.42 bits per heavy atom. The zero-order chi connectivity index (χ0) is 13.7. The van der Waals surface area contributed by atoms with Gasteiger partial charge in [-0.2, -0.15) is 0 Å². The number of anilines is 1. The molecule has 1 unspecified atom stereocenters. The molecule has 1 aromatic rings. The van der Waals surface area contributed by atoms with Crippen molar-refractivity contribution in [2.45, 2.75) is 45.1 Å². The Morgan fingerprint density at radius 3 is 2.95 bits per heavy atom. The molecular weight excluding hydrogens is 236 g/mol. The molecule has 19 heavy (non-hydrogen) atoms. The van der Waals surface area contributed by atoms with Crippen LogP contribution >= 0.6 is 0 Å². The third-order valence-corrected chi connectivity index (χ3v) is 3.87. The number of rotatable bonds is 4. The van der Waals surface area contributed by atoms with E-state index in [-0.39, 0.29) is 5.91 Å². The normalized spacial score (nSPS) is 18.8. The lowest BCUT2D eigenvalue weighted by atomic mass is 10.0. The quantitative estimate of drug-likeness (QED) is 0.901. The van der Waals surface area contributed by atoms with Gasteiger partial charge in [0.05, 0.1) is 0 Å². The Hall–Kier alpha value is -1.35. The number of nitrogens with one attached hydrogen (secondary N) is 1. The summed E-state index contributed by atoms with van der Waals surface area (Å²) in [6.07, 6.45) is 4.85. The summed E-state index contributed by atoms with van der Waals surface area (Å²) >= 11 is 0. The number of carbonyl (C=O) groups excluding carboxylic acids is 1. The molecule has 1 aromatic carbocycles. The average molecular weight is 260 g/mol. The molecule has 1 N–H and O–H groups in total. The summed E-state index contributed by atoms with van der Waals surface area (Å²) in [5, 5.41) is 3.36. The molecule has 0 fully saturated rings. The van der Waals surface area contributed by atoms with Crippen molar-refractivity contribution in [2.75, 3.05) is 18.5 Å². The summed E-state index contributed by atoms with van der Waals surface area (Å²) in [5.74, 6) is 0.269. The van der Waals surface area contributed by atoms with E-state index >= 15 is 0 Å². The summed E-state index contributed by atoms with van der Waals surface area (Å²) in [4.78, 5) is 14.4. The fourth-order valence-electron chi connectivity index (χ4n) is 2.78. The number of unbranched alkanes of at least 4 members (excludes halogenated alkanes) is 1. The first-order chi connectivity index (χ1) is 9.27. The zero-order valence-corrected chi connectivity index (χ0v) is 12.0. The molecule has 3 heteroatoms. The minimum Gasteiger partial charge on any atom is -0.313 e. The van der Waals surface area contributed by atoms with E-state index in [1.54, 1.807) is 0 Å². The second kappa shape index (κ2) is 6.71. The van der Waals surface area contributed by atoms with Crippen molar-refractivity contribution in [3.05, 3.63) is 29.8 Å². The predicted molar refractivity (Wildman–Crippen MR) is 79.4 cm³/mol. The molecule has 0 spiro atoms. The maximum Gasteiger partial charge on any atom is 0.226 e. The predicted octanol–water partition coefficient (Wildman–Crippen LogP) is 3.26. The monoisotopic (exact) mass is 260 g/mol. The van der Waals surface area contributed by atoms with E-state index in [9.17, 15) is 4.79 Å².